The molecule has 0 aliphatic carbocycles. The van der Waals surface area contributed by atoms with Crippen molar-refractivity contribution in [3.63, 3.8) is 0 Å². The molecule has 0 fully saturated rings. The first-order valence-electron chi connectivity index (χ1n) is 7.69. The van der Waals surface area contributed by atoms with Gasteiger partial charge in [-0.1, -0.05) is 36.8 Å². The summed E-state index contributed by atoms with van der Waals surface area (Å²) in [5.41, 5.74) is 9.67. The molecule has 5 nitrogen and oxygen atoms in total. The van der Waals surface area contributed by atoms with Gasteiger partial charge in [0, 0.05) is 17.9 Å². The molecule has 0 spiro atoms. The van der Waals surface area contributed by atoms with Gasteiger partial charge in [-0.2, -0.15) is 6.07 Å². The monoisotopic (exact) mass is 381 g/mol. The maximum absolute atomic E-state index is 14.3. The Hall–Kier alpha value is -1.06. The molecule has 0 saturated heterocycles. The third kappa shape index (κ3) is 5.47. The normalized spacial score (nSPS) is 9.96. The van der Waals surface area contributed by atoms with Gasteiger partial charge in [0.15, 0.2) is 6.39 Å². The Morgan fingerprint density at radius 1 is 1.27 bits per heavy atom. The van der Waals surface area contributed by atoms with Crippen LogP contribution in [-0.4, -0.2) is 23.6 Å². The van der Waals surface area contributed by atoms with E-state index >= 15 is 0 Å². The number of ether oxygens (including phenoxy) is 1. The fourth-order valence-corrected chi connectivity index (χ4v) is 2.45. The van der Waals surface area contributed by atoms with E-state index in [1.165, 1.54) is 6.39 Å². The van der Waals surface area contributed by atoms with Crippen LogP contribution < -0.4 is 61.9 Å². The van der Waals surface area contributed by atoms with Crippen LogP contribution in [0.4, 0.5) is 4.39 Å². The zero-order valence-corrected chi connectivity index (χ0v) is 18.0. The molecule has 2 aromatic carbocycles. The van der Waals surface area contributed by atoms with E-state index < -0.39 is 0 Å². The molecule has 3 rings (SSSR count). The van der Waals surface area contributed by atoms with Crippen LogP contribution in [0.3, 0.4) is 0 Å². The number of oxazole rings is 1. The SMILES string of the molecule is Cc1c(Cc2ccc(-c3cocn3)cc2)c[c-]c(OCCN)c1F.[K+].[OH-]. The number of aromatic nitrogens is 1. The van der Waals surface area contributed by atoms with Crippen LogP contribution in [0.5, 0.6) is 5.75 Å². The fourth-order valence-electron chi connectivity index (χ4n) is 2.45. The molecule has 7 heteroatoms. The summed E-state index contributed by atoms with van der Waals surface area (Å²) in [5, 5.41) is 0. The van der Waals surface area contributed by atoms with Gasteiger partial charge < -0.3 is 20.4 Å². The van der Waals surface area contributed by atoms with Gasteiger partial charge >= 0.3 is 51.4 Å². The third-order valence-electron chi connectivity index (χ3n) is 3.83. The second-order valence-electron chi connectivity index (χ2n) is 5.47. The van der Waals surface area contributed by atoms with Gasteiger partial charge in [0.05, 0.1) is 12.4 Å². The third-order valence-corrected chi connectivity index (χ3v) is 3.83. The van der Waals surface area contributed by atoms with E-state index in [4.69, 9.17) is 14.9 Å². The predicted molar refractivity (Wildman–Crippen MR) is 91.2 cm³/mol. The molecule has 1 aromatic heterocycles. The van der Waals surface area contributed by atoms with E-state index in [9.17, 15) is 4.39 Å². The maximum atomic E-state index is 14.3. The molecule has 3 aromatic rings. The molecule has 0 saturated carbocycles. The molecule has 0 atom stereocenters. The van der Waals surface area contributed by atoms with Crippen LogP contribution in [-0.2, 0) is 6.42 Å². The van der Waals surface area contributed by atoms with Crippen molar-refractivity contribution in [2.75, 3.05) is 13.2 Å². The largest absolute Gasteiger partial charge is 1.00 e. The number of rotatable bonds is 6. The Kier molecular flexibility index (Phi) is 9.66. The minimum absolute atomic E-state index is 0. The van der Waals surface area contributed by atoms with E-state index in [0.717, 1.165) is 22.4 Å². The quantitative estimate of drug-likeness (QED) is 0.491. The first-order chi connectivity index (χ1) is 11.7. The smallest absolute Gasteiger partial charge is 0.870 e. The number of nitrogens with two attached hydrogens (primary N) is 1. The van der Waals surface area contributed by atoms with E-state index in [2.05, 4.69) is 11.1 Å². The predicted octanol–water partition coefficient (Wildman–Crippen LogP) is 0.345. The van der Waals surface area contributed by atoms with Crippen molar-refractivity contribution in [3.8, 4) is 17.0 Å². The van der Waals surface area contributed by atoms with Crippen molar-refractivity contribution in [1.82, 2.24) is 4.98 Å². The van der Waals surface area contributed by atoms with Gasteiger partial charge in [-0.05, 0) is 6.42 Å². The van der Waals surface area contributed by atoms with E-state index in [1.54, 1.807) is 19.3 Å². The summed E-state index contributed by atoms with van der Waals surface area (Å²) in [7, 11) is 0. The van der Waals surface area contributed by atoms with Crippen molar-refractivity contribution in [3.05, 3.63) is 71.6 Å². The summed E-state index contributed by atoms with van der Waals surface area (Å²) in [6, 6.07) is 12.6. The van der Waals surface area contributed by atoms with Gasteiger partial charge in [0.2, 0.25) is 0 Å². The van der Waals surface area contributed by atoms with Crippen molar-refractivity contribution in [2.45, 2.75) is 13.3 Å². The molecule has 0 unspecified atom stereocenters. The molecule has 3 N–H and O–H groups in total. The van der Waals surface area contributed by atoms with Crippen molar-refractivity contribution >= 4 is 0 Å². The van der Waals surface area contributed by atoms with Gasteiger partial charge in [-0.15, -0.1) is 17.2 Å². The molecule has 0 aliphatic heterocycles. The standard InChI is InChI=1S/C19H18FN2O2.K.H2O/c1-13-16(6-7-18(19(13)20)24-9-8-21)10-14-2-4-15(5-3-14)17-11-23-12-22-17;;/h2-6,11-12H,8-10,21H2,1H3;;1H2/q-1;+1;/p-1. The van der Waals surface area contributed by atoms with Crippen molar-refractivity contribution in [2.24, 2.45) is 5.73 Å². The van der Waals surface area contributed by atoms with Gasteiger partial charge in [0.1, 0.15) is 12.0 Å². The van der Waals surface area contributed by atoms with Crippen LogP contribution in [0, 0.1) is 18.8 Å². The summed E-state index contributed by atoms with van der Waals surface area (Å²) >= 11 is 0. The Balaban J connectivity index is 0.00000169. The number of halogens is 1. The second kappa shape index (κ2) is 10.9. The zero-order valence-electron chi connectivity index (χ0n) is 14.8. The van der Waals surface area contributed by atoms with E-state index in [-0.39, 0.29) is 75.0 Å². The molecule has 0 aliphatic rings. The number of benzene rings is 2. The molecule has 132 valence electrons. The number of hydrogen-bond acceptors (Lipinski definition) is 5. The summed E-state index contributed by atoms with van der Waals surface area (Å²) in [6.45, 7) is 2.36. The Morgan fingerprint density at radius 3 is 2.62 bits per heavy atom. The van der Waals surface area contributed by atoms with Crippen molar-refractivity contribution < 1.29 is 70.4 Å². The molecule has 0 amide bonds. The second-order valence-corrected chi connectivity index (χ2v) is 5.47. The Labute approximate surface area is 194 Å². The van der Waals surface area contributed by atoms with Gasteiger partial charge in [-0.25, -0.2) is 4.98 Å². The van der Waals surface area contributed by atoms with Crippen LogP contribution in [0.1, 0.15) is 16.7 Å². The average Bonchev–Trinajstić information content (AvgIpc) is 3.14. The molecule has 0 radical (unpaired) electrons. The summed E-state index contributed by atoms with van der Waals surface area (Å²) < 4.78 is 24.6. The average molecular weight is 381 g/mol. The van der Waals surface area contributed by atoms with Gasteiger partial charge in [0.25, 0.3) is 0 Å². The molecule has 0 bridgehead atoms. The summed E-state index contributed by atoms with van der Waals surface area (Å²) in [5.74, 6) is -0.247. The molecular weight excluding hydrogens is 362 g/mol. The molecular formula is C19H19FKN2O3-. The first-order valence-corrected chi connectivity index (χ1v) is 7.69. The topological polar surface area (TPSA) is 91.3 Å². The van der Waals surface area contributed by atoms with E-state index in [0.29, 0.717) is 18.5 Å². The number of nitrogens with zero attached hydrogens (tertiary/aromatic N) is 1. The summed E-state index contributed by atoms with van der Waals surface area (Å²) in [6.07, 6.45) is 3.62. The van der Waals surface area contributed by atoms with Crippen LogP contribution in [0.15, 0.2) is 47.4 Å². The molecule has 26 heavy (non-hydrogen) atoms. The fraction of sp³-hybridized carbons (Fsp3) is 0.211. The van der Waals surface area contributed by atoms with Crippen LogP contribution in [0.2, 0.25) is 0 Å². The first kappa shape index (κ1) is 23.0. The van der Waals surface area contributed by atoms with Crippen LogP contribution in [0.25, 0.3) is 11.3 Å². The summed E-state index contributed by atoms with van der Waals surface area (Å²) in [4.78, 5) is 4.12. The Bertz CT molecular complexity index is 808. The Morgan fingerprint density at radius 2 is 2.00 bits per heavy atom. The van der Waals surface area contributed by atoms with Crippen molar-refractivity contribution in [1.29, 1.82) is 0 Å². The van der Waals surface area contributed by atoms with Crippen LogP contribution >= 0.6 is 0 Å². The number of hydrogen-bond donors (Lipinski definition) is 1. The molecule has 1 heterocycles. The zero-order chi connectivity index (χ0) is 16.9. The minimum atomic E-state index is -0.375. The maximum Gasteiger partial charge on any atom is 1.00 e. The van der Waals surface area contributed by atoms with E-state index in [1.807, 2.05) is 24.3 Å². The minimum Gasteiger partial charge on any atom is -0.870 e. The van der Waals surface area contributed by atoms with Gasteiger partial charge in [-0.3, -0.25) is 4.39 Å².